The molecule has 2 rings (SSSR count). The average Bonchev–Trinajstić information content (AvgIpc) is 2.65. The highest BCUT2D eigenvalue weighted by Gasteiger charge is 2.02. The van der Waals surface area contributed by atoms with Crippen molar-refractivity contribution in [2.45, 2.75) is 13.0 Å². The van der Waals surface area contributed by atoms with Crippen molar-refractivity contribution in [3.8, 4) is 0 Å². The summed E-state index contributed by atoms with van der Waals surface area (Å²) in [7, 11) is 0. The Morgan fingerprint density at radius 1 is 1.40 bits per heavy atom. The number of benzene rings is 1. The fraction of sp³-hybridized carbons (Fsp3) is 0.182. The van der Waals surface area contributed by atoms with Crippen molar-refractivity contribution < 1.29 is 0 Å². The molecule has 1 aromatic carbocycles. The lowest BCUT2D eigenvalue weighted by Crippen LogP contribution is -1.96. The van der Waals surface area contributed by atoms with Crippen LogP contribution in [0.2, 0.25) is 5.02 Å². The van der Waals surface area contributed by atoms with Crippen molar-refractivity contribution in [3.63, 3.8) is 0 Å². The molecule has 0 atom stereocenters. The quantitative estimate of drug-likeness (QED) is 0.893. The first-order valence-corrected chi connectivity index (χ1v) is 5.91. The van der Waals surface area contributed by atoms with Crippen LogP contribution in [-0.4, -0.2) is 4.98 Å². The highest BCUT2D eigenvalue weighted by molar-refractivity contribution is 7.09. The summed E-state index contributed by atoms with van der Waals surface area (Å²) in [6.07, 6.45) is 0.817. The topological polar surface area (TPSA) is 38.9 Å². The molecule has 0 fully saturated rings. The second kappa shape index (κ2) is 4.75. The van der Waals surface area contributed by atoms with Gasteiger partial charge >= 0.3 is 0 Å². The SMILES string of the molecule is NCc1nc(Cc2cccc(Cl)c2)cs1. The molecule has 0 unspecified atom stereocenters. The number of rotatable bonds is 3. The van der Waals surface area contributed by atoms with Crippen LogP contribution >= 0.6 is 22.9 Å². The van der Waals surface area contributed by atoms with Gasteiger partial charge in [0, 0.05) is 23.4 Å². The van der Waals surface area contributed by atoms with Gasteiger partial charge in [0.1, 0.15) is 5.01 Å². The predicted octanol–water partition coefficient (Wildman–Crippen LogP) is 2.85. The Bertz CT molecular complexity index is 453. The van der Waals surface area contributed by atoms with Gasteiger partial charge in [0.05, 0.1) is 5.69 Å². The van der Waals surface area contributed by atoms with Gasteiger partial charge in [0.25, 0.3) is 0 Å². The zero-order valence-electron chi connectivity index (χ0n) is 8.11. The normalized spacial score (nSPS) is 10.5. The Labute approximate surface area is 97.7 Å². The second-order valence-electron chi connectivity index (χ2n) is 3.24. The van der Waals surface area contributed by atoms with Crippen LogP contribution in [0.5, 0.6) is 0 Å². The predicted molar refractivity (Wildman–Crippen MR) is 64.3 cm³/mol. The minimum Gasteiger partial charge on any atom is -0.325 e. The van der Waals surface area contributed by atoms with Gasteiger partial charge in [-0.15, -0.1) is 11.3 Å². The smallest absolute Gasteiger partial charge is 0.106 e. The first-order chi connectivity index (χ1) is 7.28. The van der Waals surface area contributed by atoms with E-state index in [0.29, 0.717) is 6.54 Å². The number of halogens is 1. The van der Waals surface area contributed by atoms with E-state index >= 15 is 0 Å². The first kappa shape index (κ1) is 10.6. The molecule has 1 heterocycles. The lowest BCUT2D eigenvalue weighted by molar-refractivity contribution is 0.995. The maximum absolute atomic E-state index is 5.91. The molecule has 1 aromatic heterocycles. The Kier molecular flexibility index (Phi) is 3.36. The van der Waals surface area contributed by atoms with E-state index in [1.807, 2.05) is 29.6 Å². The molecular weight excluding hydrogens is 228 g/mol. The van der Waals surface area contributed by atoms with E-state index < -0.39 is 0 Å². The highest BCUT2D eigenvalue weighted by Crippen LogP contribution is 2.16. The number of hydrogen-bond donors (Lipinski definition) is 1. The van der Waals surface area contributed by atoms with E-state index in [0.717, 1.165) is 22.1 Å². The van der Waals surface area contributed by atoms with Crippen LogP contribution < -0.4 is 5.73 Å². The molecule has 2 nitrogen and oxygen atoms in total. The van der Waals surface area contributed by atoms with Crippen molar-refractivity contribution >= 4 is 22.9 Å². The van der Waals surface area contributed by atoms with Crippen LogP contribution in [0.15, 0.2) is 29.6 Å². The van der Waals surface area contributed by atoms with Crippen LogP contribution in [-0.2, 0) is 13.0 Å². The van der Waals surface area contributed by atoms with Gasteiger partial charge < -0.3 is 5.73 Å². The minimum atomic E-state index is 0.514. The van der Waals surface area contributed by atoms with E-state index in [1.54, 1.807) is 11.3 Å². The zero-order chi connectivity index (χ0) is 10.7. The lowest BCUT2D eigenvalue weighted by Gasteiger charge is -1.98. The van der Waals surface area contributed by atoms with Crippen molar-refractivity contribution in [1.82, 2.24) is 4.98 Å². The van der Waals surface area contributed by atoms with E-state index in [-0.39, 0.29) is 0 Å². The molecule has 0 aliphatic heterocycles. The number of thiazole rings is 1. The molecular formula is C11H11ClN2S. The molecule has 0 amide bonds. The van der Waals surface area contributed by atoms with E-state index in [9.17, 15) is 0 Å². The summed E-state index contributed by atoms with van der Waals surface area (Å²) in [5.74, 6) is 0. The average molecular weight is 239 g/mol. The lowest BCUT2D eigenvalue weighted by atomic mass is 10.1. The molecule has 15 heavy (non-hydrogen) atoms. The number of aromatic nitrogens is 1. The Balaban J connectivity index is 2.14. The third-order valence-electron chi connectivity index (χ3n) is 2.05. The molecule has 0 aliphatic carbocycles. The van der Waals surface area contributed by atoms with E-state index in [2.05, 4.69) is 4.98 Å². The summed E-state index contributed by atoms with van der Waals surface area (Å²) >= 11 is 7.51. The molecule has 2 aromatic rings. The summed E-state index contributed by atoms with van der Waals surface area (Å²) < 4.78 is 0. The van der Waals surface area contributed by atoms with Gasteiger partial charge in [-0.25, -0.2) is 4.98 Å². The minimum absolute atomic E-state index is 0.514. The third-order valence-corrected chi connectivity index (χ3v) is 3.20. The van der Waals surface area contributed by atoms with Crippen LogP contribution in [0.4, 0.5) is 0 Å². The summed E-state index contributed by atoms with van der Waals surface area (Å²) in [6, 6.07) is 7.83. The Hall–Kier alpha value is -0.900. The largest absolute Gasteiger partial charge is 0.325 e. The van der Waals surface area contributed by atoms with Gasteiger partial charge in [0.15, 0.2) is 0 Å². The maximum Gasteiger partial charge on any atom is 0.106 e. The molecule has 4 heteroatoms. The molecule has 0 saturated carbocycles. The summed E-state index contributed by atoms with van der Waals surface area (Å²) in [5.41, 5.74) is 7.74. The van der Waals surface area contributed by atoms with Crippen LogP contribution in [0, 0.1) is 0 Å². The van der Waals surface area contributed by atoms with Gasteiger partial charge in [-0.1, -0.05) is 23.7 Å². The van der Waals surface area contributed by atoms with E-state index in [1.165, 1.54) is 5.56 Å². The van der Waals surface area contributed by atoms with Crippen molar-refractivity contribution in [2.75, 3.05) is 0 Å². The van der Waals surface area contributed by atoms with Gasteiger partial charge in [0.2, 0.25) is 0 Å². The number of nitrogens with zero attached hydrogens (tertiary/aromatic N) is 1. The van der Waals surface area contributed by atoms with Crippen LogP contribution in [0.25, 0.3) is 0 Å². The maximum atomic E-state index is 5.91. The number of nitrogens with two attached hydrogens (primary N) is 1. The zero-order valence-corrected chi connectivity index (χ0v) is 9.68. The molecule has 0 aliphatic rings. The molecule has 0 spiro atoms. The third kappa shape index (κ3) is 2.78. The fourth-order valence-electron chi connectivity index (χ4n) is 1.38. The second-order valence-corrected chi connectivity index (χ2v) is 4.62. The van der Waals surface area contributed by atoms with Crippen LogP contribution in [0.1, 0.15) is 16.3 Å². The first-order valence-electron chi connectivity index (χ1n) is 4.65. The fourth-order valence-corrected chi connectivity index (χ4v) is 2.27. The van der Waals surface area contributed by atoms with Crippen molar-refractivity contribution in [3.05, 3.63) is 50.9 Å². The standard InChI is InChI=1S/C11H11ClN2S/c12-9-3-1-2-8(4-9)5-10-7-15-11(6-13)14-10/h1-4,7H,5-6,13H2. The van der Waals surface area contributed by atoms with Gasteiger partial charge in [-0.3, -0.25) is 0 Å². The molecule has 0 saturated heterocycles. The van der Waals surface area contributed by atoms with Crippen LogP contribution in [0.3, 0.4) is 0 Å². The molecule has 2 N–H and O–H groups in total. The number of hydrogen-bond acceptors (Lipinski definition) is 3. The van der Waals surface area contributed by atoms with Gasteiger partial charge in [-0.05, 0) is 17.7 Å². The Morgan fingerprint density at radius 3 is 2.93 bits per heavy atom. The molecule has 0 radical (unpaired) electrons. The Morgan fingerprint density at radius 2 is 2.27 bits per heavy atom. The monoisotopic (exact) mass is 238 g/mol. The summed E-state index contributed by atoms with van der Waals surface area (Å²) in [6.45, 7) is 0.514. The highest BCUT2D eigenvalue weighted by atomic mass is 35.5. The molecule has 78 valence electrons. The summed E-state index contributed by atoms with van der Waals surface area (Å²) in [5, 5.41) is 3.79. The van der Waals surface area contributed by atoms with E-state index in [4.69, 9.17) is 17.3 Å². The molecule has 0 bridgehead atoms. The van der Waals surface area contributed by atoms with Crippen molar-refractivity contribution in [2.24, 2.45) is 5.73 Å². The van der Waals surface area contributed by atoms with Gasteiger partial charge in [-0.2, -0.15) is 0 Å². The van der Waals surface area contributed by atoms with Crippen molar-refractivity contribution in [1.29, 1.82) is 0 Å². The summed E-state index contributed by atoms with van der Waals surface area (Å²) in [4.78, 5) is 4.40.